The summed E-state index contributed by atoms with van der Waals surface area (Å²) >= 11 is 0. The SMILES string of the molecule is COC(=O)[C@H](Cc1ccccc1F)NC(=O)CNC(=O)c1ccccc1. The van der Waals surface area contributed by atoms with Crippen LogP contribution in [0, 0.1) is 5.82 Å². The predicted molar refractivity (Wildman–Crippen MR) is 92.8 cm³/mol. The zero-order valence-electron chi connectivity index (χ0n) is 14.2. The van der Waals surface area contributed by atoms with Crippen molar-refractivity contribution < 1.29 is 23.5 Å². The van der Waals surface area contributed by atoms with Crippen LogP contribution >= 0.6 is 0 Å². The topological polar surface area (TPSA) is 84.5 Å². The number of ether oxygens (including phenoxy) is 1. The van der Waals surface area contributed by atoms with Crippen molar-refractivity contribution in [2.24, 2.45) is 0 Å². The van der Waals surface area contributed by atoms with Crippen LogP contribution in [-0.2, 0) is 20.7 Å². The molecule has 1 atom stereocenters. The second-order valence-electron chi connectivity index (χ2n) is 5.49. The van der Waals surface area contributed by atoms with Crippen LogP contribution in [0.3, 0.4) is 0 Å². The number of carbonyl (C=O) groups excluding carboxylic acids is 3. The van der Waals surface area contributed by atoms with Crippen molar-refractivity contribution >= 4 is 17.8 Å². The van der Waals surface area contributed by atoms with Crippen molar-refractivity contribution in [2.75, 3.05) is 13.7 Å². The number of rotatable bonds is 7. The Balaban J connectivity index is 1.95. The van der Waals surface area contributed by atoms with E-state index < -0.39 is 29.6 Å². The summed E-state index contributed by atoms with van der Waals surface area (Å²) in [6, 6.07) is 13.3. The van der Waals surface area contributed by atoms with Crippen molar-refractivity contribution in [1.29, 1.82) is 0 Å². The lowest BCUT2D eigenvalue weighted by atomic mass is 10.1. The molecule has 2 aromatic rings. The molecule has 0 bridgehead atoms. The zero-order chi connectivity index (χ0) is 18.9. The van der Waals surface area contributed by atoms with E-state index >= 15 is 0 Å². The number of hydrogen-bond acceptors (Lipinski definition) is 4. The Morgan fingerprint density at radius 1 is 1.04 bits per heavy atom. The largest absolute Gasteiger partial charge is 0.467 e. The molecule has 2 rings (SSSR count). The smallest absolute Gasteiger partial charge is 0.328 e. The number of nitrogens with one attached hydrogen (secondary N) is 2. The molecule has 0 aliphatic carbocycles. The van der Waals surface area contributed by atoms with Crippen LogP contribution in [0.1, 0.15) is 15.9 Å². The number of hydrogen-bond donors (Lipinski definition) is 2. The van der Waals surface area contributed by atoms with E-state index in [-0.39, 0.29) is 18.5 Å². The maximum absolute atomic E-state index is 13.8. The van der Waals surface area contributed by atoms with Gasteiger partial charge in [0.2, 0.25) is 5.91 Å². The lowest BCUT2D eigenvalue weighted by Crippen LogP contribution is -2.47. The lowest BCUT2D eigenvalue weighted by Gasteiger charge is -2.17. The van der Waals surface area contributed by atoms with Crippen molar-refractivity contribution in [2.45, 2.75) is 12.5 Å². The third-order valence-corrected chi connectivity index (χ3v) is 3.65. The van der Waals surface area contributed by atoms with Gasteiger partial charge in [-0.25, -0.2) is 9.18 Å². The van der Waals surface area contributed by atoms with E-state index in [2.05, 4.69) is 15.4 Å². The average molecular weight is 358 g/mol. The summed E-state index contributed by atoms with van der Waals surface area (Å²) in [6.45, 7) is -0.321. The molecule has 0 heterocycles. The number of esters is 1. The number of carbonyl (C=O) groups is 3. The van der Waals surface area contributed by atoms with Gasteiger partial charge in [-0.05, 0) is 23.8 Å². The molecule has 0 spiro atoms. The third-order valence-electron chi connectivity index (χ3n) is 3.65. The molecule has 136 valence electrons. The molecule has 2 aromatic carbocycles. The highest BCUT2D eigenvalue weighted by Crippen LogP contribution is 2.10. The van der Waals surface area contributed by atoms with E-state index in [0.29, 0.717) is 5.56 Å². The maximum Gasteiger partial charge on any atom is 0.328 e. The number of halogens is 1. The number of benzene rings is 2. The Bertz CT molecular complexity index is 780. The van der Waals surface area contributed by atoms with Gasteiger partial charge in [-0.2, -0.15) is 0 Å². The van der Waals surface area contributed by atoms with E-state index in [9.17, 15) is 18.8 Å². The van der Waals surface area contributed by atoms with Crippen molar-refractivity contribution in [3.05, 3.63) is 71.5 Å². The van der Waals surface area contributed by atoms with Gasteiger partial charge in [0.05, 0.1) is 13.7 Å². The standard InChI is InChI=1S/C19H19FN2O4/c1-26-19(25)16(11-14-9-5-6-10-15(14)20)22-17(23)12-21-18(24)13-7-3-2-4-8-13/h2-10,16H,11-12H2,1H3,(H,21,24)(H,22,23)/t16-/m0/s1. The second-order valence-corrected chi connectivity index (χ2v) is 5.49. The fourth-order valence-electron chi connectivity index (χ4n) is 2.32. The van der Waals surface area contributed by atoms with Crippen molar-refractivity contribution in [3.8, 4) is 0 Å². The molecule has 0 radical (unpaired) electrons. The Morgan fingerprint density at radius 2 is 1.69 bits per heavy atom. The summed E-state index contributed by atoms with van der Waals surface area (Å²) in [4.78, 5) is 35.9. The Hall–Kier alpha value is -3.22. The molecule has 0 aliphatic heterocycles. The first-order chi connectivity index (χ1) is 12.5. The summed E-state index contributed by atoms with van der Waals surface area (Å²) in [6.07, 6.45) is -0.0578. The average Bonchev–Trinajstić information content (AvgIpc) is 2.67. The highest BCUT2D eigenvalue weighted by atomic mass is 19.1. The summed E-state index contributed by atoms with van der Waals surface area (Å²) < 4.78 is 18.4. The fourth-order valence-corrected chi connectivity index (χ4v) is 2.32. The molecule has 0 saturated carbocycles. The maximum atomic E-state index is 13.8. The van der Waals surface area contributed by atoms with Crippen LogP contribution < -0.4 is 10.6 Å². The first kappa shape index (κ1) is 19.1. The highest BCUT2D eigenvalue weighted by molar-refractivity contribution is 5.96. The number of amides is 2. The number of methoxy groups -OCH3 is 1. The summed E-state index contributed by atoms with van der Waals surface area (Å²) in [5.41, 5.74) is 0.688. The van der Waals surface area contributed by atoms with E-state index in [0.717, 1.165) is 0 Å². The molecule has 2 amide bonds. The molecule has 0 aromatic heterocycles. The van der Waals surface area contributed by atoms with Gasteiger partial charge >= 0.3 is 5.97 Å². The molecular weight excluding hydrogens is 339 g/mol. The Labute approximate surface area is 150 Å². The molecule has 2 N–H and O–H groups in total. The van der Waals surface area contributed by atoms with Crippen LogP contribution in [0.4, 0.5) is 4.39 Å². The van der Waals surface area contributed by atoms with Crippen LogP contribution in [-0.4, -0.2) is 37.5 Å². The van der Waals surface area contributed by atoms with Crippen LogP contribution in [0.2, 0.25) is 0 Å². The van der Waals surface area contributed by atoms with Crippen LogP contribution in [0.25, 0.3) is 0 Å². The van der Waals surface area contributed by atoms with Gasteiger partial charge in [0, 0.05) is 12.0 Å². The molecule has 7 heteroatoms. The van der Waals surface area contributed by atoms with Crippen molar-refractivity contribution in [1.82, 2.24) is 10.6 Å². The van der Waals surface area contributed by atoms with Gasteiger partial charge in [0.1, 0.15) is 11.9 Å². The Morgan fingerprint density at radius 3 is 2.35 bits per heavy atom. The monoisotopic (exact) mass is 358 g/mol. The van der Waals surface area contributed by atoms with E-state index in [1.165, 1.54) is 25.3 Å². The quantitative estimate of drug-likeness (QED) is 0.734. The molecule has 0 aliphatic rings. The molecule has 0 unspecified atom stereocenters. The van der Waals surface area contributed by atoms with Gasteiger partial charge in [-0.15, -0.1) is 0 Å². The van der Waals surface area contributed by atoms with E-state index in [1.807, 2.05) is 0 Å². The summed E-state index contributed by atoms with van der Waals surface area (Å²) in [5, 5.41) is 4.91. The molecular formula is C19H19FN2O4. The summed E-state index contributed by atoms with van der Waals surface area (Å²) in [5.74, 6) is -2.17. The lowest BCUT2D eigenvalue weighted by molar-refractivity contribution is -0.144. The Kier molecular flexibility index (Phi) is 6.84. The molecule has 26 heavy (non-hydrogen) atoms. The fraction of sp³-hybridized carbons (Fsp3) is 0.211. The van der Waals surface area contributed by atoms with Crippen LogP contribution in [0.15, 0.2) is 54.6 Å². The van der Waals surface area contributed by atoms with Crippen LogP contribution in [0.5, 0.6) is 0 Å². The van der Waals surface area contributed by atoms with Gasteiger partial charge in [-0.3, -0.25) is 9.59 Å². The van der Waals surface area contributed by atoms with E-state index in [1.54, 1.807) is 36.4 Å². The highest BCUT2D eigenvalue weighted by Gasteiger charge is 2.23. The van der Waals surface area contributed by atoms with Gasteiger partial charge < -0.3 is 15.4 Å². The minimum absolute atomic E-state index is 0.0578. The third kappa shape index (κ3) is 5.41. The normalized spacial score (nSPS) is 11.3. The molecule has 0 saturated heterocycles. The van der Waals surface area contributed by atoms with Gasteiger partial charge in [-0.1, -0.05) is 36.4 Å². The van der Waals surface area contributed by atoms with Gasteiger partial charge in [0.25, 0.3) is 5.91 Å². The first-order valence-electron chi connectivity index (χ1n) is 7.95. The predicted octanol–water partition coefficient (Wildman–Crippen LogP) is 1.46. The second kappa shape index (κ2) is 9.31. The van der Waals surface area contributed by atoms with Gasteiger partial charge in [0.15, 0.2) is 0 Å². The summed E-state index contributed by atoms with van der Waals surface area (Å²) in [7, 11) is 1.18. The minimum Gasteiger partial charge on any atom is -0.467 e. The zero-order valence-corrected chi connectivity index (χ0v) is 14.2. The first-order valence-corrected chi connectivity index (χ1v) is 7.95. The van der Waals surface area contributed by atoms with Crippen molar-refractivity contribution in [3.63, 3.8) is 0 Å². The minimum atomic E-state index is -1.06. The molecule has 6 nitrogen and oxygen atoms in total. The molecule has 0 fully saturated rings. The van der Waals surface area contributed by atoms with E-state index in [4.69, 9.17) is 0 Å².